The van der Waals surface area contributed by atoms with Crippen LogP contribution in [-0.4, -0.2) is 25.2 Å². The fourth-order valence-corrected chi connectivity index (χ4v) is 2.13. The van der Waals surface area contributed by atoms with Gasteiger partial charge >= 0.3 is 0 Å². The molecule has 6 heteroatoms. The van der Waals surface area contributed by atoms with Gasteiger partial charge in [0, 0.05) is 23.9 Å². The van der Waals surface area contributed by atoms with Crippen molar-refractivity contribution in [1.29, 1.82) is 0 Å². The zero-order valence-electron chi connectivity index (χ0n) is 10.9. The Morgan fingerprint density at radius 2 is 2.26 bits per heavy atom. The van der Waals surface area contributed by atoms with Gasteiger partial charge in [0.05, 0.1) is 11.6 Å². The first-order valence-electron chi connectivity index (χ1n) is 6.17. The molecular formula is C13H17ClN2O3. The molecule has 0 radical (unpaired) electrons. The number of amides is 1. The summed E-state index contributed by atoms with van der Waals surface area (Å²) < 4.78 is 11.0. The number of carbonyl (C=O) groups is 1. The van der Waals surface area contributed by atoms with E-state index in [4.69, 9.17) is 26.8 Å². The number of rotatable bonds is 5. The van der Waals surface area contributed by atoms with E-state index < -0.39 is 6.04 Å². The van der Waals surface area contributed by atoms with Crippen molar-refractivity contribution in [2.75, 3.05) is 18.5 Å². The molecule has 0 saturated carbocycles. The largest absolute Gasteiger partial charge is 0.487 e. The third-order valence-electron chi connectivity index (χ3n) is 2.86. The van der Waals surface area contributed by atoms with E-state index in [1.54, 1.807) is 12.1 Å². The Balaban J connectivity index is 2.15. The van der Waals surface area contributed by atoms with Gasteiger partial charge in [0.2, 0.25) is 5.91 Å². The maximum atomic E-state index is 11.5. The second-order valence-corrected chi connectivity index (χ2v) is 4.83. The van der Waals surface area contributed by atoms with Crippen molar-refractivity contribution >= 4 is 23.2 Å². The molecule has 1 aliphatic rings. The van der Waals surface area contributed by atoms with Gasteiger partial charge in [-0.3, -0.25) is 4.79 Å². The van der Waals surface area contributed by atoms with Gasteiger partial charge in [-0.05, 0) is 19.9 Å². The van der Waals surface area contributed by atoms with Crippen molar-refractivity contribution in [1.82, 2.24) is 0 Å². The molecule has 0 spiro atoms. The van der Waals surface area contributed by atoms with Gasteiger partial charge in [-0.25, -0.2) is 0 Å². The number of nitrogens with one attached hydrogen (secondary N) is 1. The first-order valence-corrected chi connectivity index (χ1v) is 6.55. The number of carbonyl (C=O) groups excluding carboxylic acids is 1. The predicted octanol–water partition coefficient (Wildman–Crippen LogP) is 2.10. The van der Waals surface area contributed by atoms with Crippen molar-refractivity contribution < 1.29 is 14.3 Å². The van der Waals surface area contributed by atoms with E-state index in [1.165, 1.54) is 0 Å². The second kappa shape index (κ2) is 5.77. The highest BCUT2D eigenvalue weighted by molar-refractivity contribution is 6.32. The molecule has 1 aromatic rings. The molecule has 1 aliphatic heterocycles. The van der Waals surface area contributed by atoms with Gasteiger partial charge < -0.3 is 20.5 Å². The van der Waals surface area contributed by atoms with Gasteiger partial charge in [0.25, 0.3) is 0 Å². The van der Waals surface area contributed by atoms with Crippen LogP contribution in [0.4, 0.5) is 5.69 Å². The van der Waals surface area contributed by atoms with Crippen LogP contribution in [0.5, 0.6) is 5.75 Å². The minimum absolute atomic E-state index is 0.124. The monoisotopic (exact) mass is 284 g/mol. The number of fused-ring (bicyclic) bond motifs is 1. The van der Waals surface area contributed by atoms with Crippen molar-refractivity contribution in [3.05, 3.63) is 22.7 Å². The molecule has 0 fully saturated rings. The molecule has 0 bridgehead atoms. The van der Waals surface area contributed by atoms with Crippen LogP contribution < -0.4 is 15.8 Å². The Morgan fingerprint density at radius 3 is 2.95 bits per heavy atom. The highest BCUT2D eigenvalue weighted by atomic mass is 35.5. The third-order valence-corrected chi connectivity index (χ3v) is 3.16. The summed E-state index contributed by atoms with van der Waals surface area (Å²) in [6, 6.07) is 2.70. The number of anilines is 1. The van der Waals surface area contributed by atoms with Crippen LogP contribution in [0.15, 0.2) is 12.1 Å². The highest BCUT2D eigenvalue weighted by Crippen LogP contribution is 2.37. The Morgan fingerprint density at radius 1 is 1.53 bits per heavy atom. The molecule has 19 heavy (non-hydrogen) atoms. The average molecular weight is 285 g/mol. The topological polar surface area (TPSA) is 73.6 Å². The van der Waals surface area contributed by atoms with Gasteiger partial charge in [-0.2, -0.15) is 0 Å². The molecule has 1 aromatic carbocycles. The van der Waals surface area contributed by atoms with Gasteiger partial charge in [-0.15, -0.1) is 0 Å². The van der Waals surface area contributed by atoms with Crippen LogP contribution in [0, 0.1) is 0 Å². The summed E-state index contributed by atoms with van der Waals surface area (Å²) >= 11 is 6.14. The fraction of sp³-hybridized carbons (Fsp3) is 0.462. The van der Waals surface area contributed by atoms with Crippen molar-refractivity contribution in [2.24, 2.45) is 5.73 Å². The summed E-state index contributed by atoms with van der Waals surface area (Å²) in [6.45, 7) is 4.93. The molecule has 0 aliphatic carbocycles. The molecule has 2 unspecified atom stereocenters. The van der Waals surface area contributed by atoms with Crippen molar-refractivity contribution in [3.63, 3.8) is 0 Å². The number of hydrogen-bond acceptors (Lipinski definition) is 4. The molecule has 3 N–H and O–H groups in total. The van der Waals surface area contributed by atoms with Crippen LogP contribution >= 0.6 is 11.6 Å². The standard InChI is InChI=1S/C13H17ClN2O3/c1-3-18-6-7(2)19-11-5-10-8(4-9(11)14)12(15)13(17)16-10/h4-5,7,12H,3,6,15H2,1-2H3,(H,16,17). The molecular weight excluding hydrogens is 268 g/mol. The molecule has 2 rings (SSSR count). The minimum atomic E-state index is -0.664. The number of halogens is 1. The first kappa shape index (κ1) is 14.1. The Hall–Kier alpha value is -1.30. The van der Waals surface area contributed by atoms with Crippen LogP contribution in [0.3, 0.4) is 0 Å². The summed E-state index contributed by atoms with van der Waals surface area (Å²) in [6.07, 6.45) is -0.124. The van der Waals surface area contributed by atoms with Crippen molar-refractivity contribution in [2.45, 2.75) is 26.0 Å². The van der Waals surface area contributed by atoms with E-state index >= 15 is 0 Å². The number of benzene rings is 1. The van der Waals surface area contributed by atoms with E-state index in [1.807, 2.05) is 13.8 Å². The van der Waals surface area contributed by atoms with E-state index in [9.17, 15) is 4.79 Å². The average Bonchev–Trinajstić information content (AvgIpc) is 2.64. The van der Waals surface area contributed by atoms with E-state index in [-0.39, 0.29) is 12.0 Å². The third kappa shape index (κ3) is 3.00. The predicted molar refractivity (Wildman–Crippen MR) is 73.6 cm³/mol. The maximum absolute atomic E-state index is 11.5. The summed E-state index contributed by atoms with van der Waals surface area (Å²) in [5.74, 6) is 0.285. The molecule has 0 saturated heterocycles. The van der Waals surface area contributed by atoms with Gasteiger partial charge in [0.15, 0.2) is 0 Å². The SMILES string of the molecule is CCOCC(C)Oc1cc2c(cc1Cl)C(N)C(=O)N2. The van der Waals surface area contributed by atoms with Crippen LogP contribution in [0.1, 0.15) is 25.5 Å². The smallest absolute Gasteiger partial charge is 0.245 e. The molecule has 0 aromatic heterocycles. The summed E-state index contributed by atoms with van der Waals surface area (Å²) in [7, 11) is 0. The Kier molecular flexibility index (Phi) is 4.29. The number of nitrogens with two attached hydrogens (primary N) is 1. The van der Waals surface area contributed by atoms with E-state index in [0.717, 1.165) is 0 Å². The zero-order chi connectivity index (χ0) is 14.0. The molecule has 1 heterocycles. The Bertz CT molecular complexity index is 493. The second-order valence-electron chi connectivity index (χ2n) is 4.42. The van der Waals surface area contributed by atoms with Crippen LogP contribution in [0.2, 0.25) is 5.02 Å². The van der Waals surface area contributed by atoms with Crippen LogP contribution in [0.25, 0.3) is 0 Å². The maximum Gasteiger partial charge on any atom is 0.245 e. The number of ether oxygens (including phenoxy) is 2. The summed E-state index contributed by atoms with van der Waals surface area (Å²) in [5, 5.41) is 3.14. The van der Waals surface area contributed by atoms with Gasteiger partial charge in [0.1, 0.15) is 17.9 Å². The van der Waals surface area contributed by atoms with E-state index in [0.29, 0.717) is 35.2 Å². The normalized spacial score (nSPS) is 18.9. The lowest BCUT2D eigenvalue weighted by atomic mass is 10.1. The summed E-state index contributed by atoms with van der Waals surface area (Å²) in [4.78, 5) is 11.5. The van der Waals surface area contributed by atoms with Crippen molar-refractivity contribution in [3.8, 4) is 5.75 Å². The Labute approximate surface area is 117 Å². The molecule has 5 nitrogen and oxygen atoms in total. The zero-order valence-corrected chi connectivity index (χ0v) is 11.7. The quantitative estimate of drug-likeness (QED) is 0.868. The summed E-state index contributed by atoms with van der Waals surface area (Å²) in [5.41, 5.74) is 7.09. The lowest BCUT2D eigenvalue weighted by Gasteiger charge is -2.16. The molecule has 2 atom stereocenters. The first-order chi connectivity index (χ1) is 9.02. The highest BCUT2D eigenvalue weighted by Gasteiger charge is 2.28. The lowest BCUT2D eigenvalue weighted by Crippen LogP contribution is -2.19. The molecule has 104 valence electrons. The lowest BCUT2D eigenvalue weighted by molar-refractivity contribution is -0.116. The number of hydrogen-bond donors (Lipinski definition) is 2. The minimum Gasteiger partial charge on any atom is -0.487 e. The van der Waals surface area contributed by atoms with Crippen LogP contribution in [-0.2, 0) is 9.53 Å². The van der Waals surface area contributed by atoms with E-state index in [2.05, 4.69) is 5.32 Å². The fourth-order valence-electron chi connectivity index (χ4n) is 1.91. The van der Waals surface area contributed by atoms with Gasteiger partial charge in [-0.1, -0.05) is 11.6 Å². The molecule has 1 amide bonds.